The van der Waals surface area contributed by atoms with Crippen molar-refractivity contribution in [2.45, 2.75) is 19.6 Å². The van der Waals surface area contributed by atoms with Crippen molar-refractivity contribution in [2.24, 2.45) is 0 Å². The quantitative estimate of drug-likeness (QED) is 0.924. The molecule has 0 saturated carbocycles. The van der Waals surface area contributed by atoms with Gasteiger partial charge in [0.05, 0.1) is 16.5 Å². The first-order valence-corrected chi connectivity index (χ1v) is 6.29. The van der Waals surface area contributed by atoms with Crippen LogP contribution in [-0.2, 0) is 16.1 Å². The number of hydrogen-bond acceptors (Lipinski definition) is 3. The zero-order valence-electron chi connectivity index (χ0n) is 9.14. The van der Waals surface area contributed by atoms with Gasteiger partial charge in [0, 0.05) is 10.1 Å². The maximum Gasteiger partial charge on any atom is 0.332 e. The van der Waals surface area contributed by atoms with Gasteiger partial charge in [0.1, 0.15) is 0 Å². The molecular weight excluding hydrogens is 260 g/mol. The van der Waals surface area contributed by atoms with Crippen LogP contribution in [0.3, 0.4) is 0 Å². The van der Waals surface area contributed by atoms with E-state index < -0.39 is 12.1 Å². The van der Waals surface area contributed by atoms with Gasteiger partial charge < -0.3 is 9.84 Å². The Morgan fingerprint density at radius 1 is 1.53 bits per heavy atom. The molecule has 0 aliphatic rings. The van der Waals surface area contributed by atoms with Gasteiger partial charge in [-0.2, -0.15) is 0 Å². The zero-order chi connectivity index (χ0) is 12.4. The second-order valence-electron chi connectivity index (χ2n) is 3.63. The van der Waals surface area contributed by atoms with E-state index in [-0.39, 0.29) is 6.61 Å². The molecule has 1 aromatic carbocycles. The maximum atomic E-state index is 10.6. The number of thiophene rings is 1. The number of carbonyl (C=O) groups is 1. The predicted octanol–water partition coefficient (Wildman–Crippen LogP) is 3.54. The summed E-state index contributed by atoms with van der Waals surface area (Å²) in [5.41, 5.74) is 0. The van der Waals surface area contributed by atoms with Crippen molar-refractivity contribution in [1.82, 2.24) is 0 Å². The lowest BCUT2D eigenvalue weighted by atomic mass is 10.2. The molecule has 90 valence electrons. The lowest BCUT2D eigenvalue weighted by Gasteiger charge is -2.06. The third-order valence-electron chi connectivity index (χ3n) is 2.41. The summed E-state index contributed by atoms with van der Waals surface area (Å²) < 4.78 is 6.31. The summed E-state index contributed by atoms with van der Waals surface area (Å²) in [5.74, 6) is -0.970. The molecule has 0 bridgehead atoms. The summed E-state index contributed by atoms with van der Waals surface area (Å²) in [4.78, 5) is 11.5. The summed E-state index contributed by atoms with van der Waals surface area (Å²) in [6.07, 6.45) is -0.823. The van der Waals surface area contributed by atoms with Crippen LogP contribution in [0.4, 0.5) is 0 Å². The predicted molar refractivity (Wildman–Crippen MR) is 68.7 cm³/mol. The number of carboxylic acids is 1. The van der Waals surface area contributed by atoms with E-state index in [1.165, 1.54) is 18.3 Å². The Hall–Kier alpha value is -1.10. The van der Waals surface area contributed by atoms with Crippen molar-refractivity contribution in [2.75, 3.05) is 0 Å². The summed E-state index contributed by atoms with van der Waals surface area (Å²) in [7, 11) is 0. The van der Waals surface area contributed by atoms with Crippen molar-refractivity contribution >= 4 is 39.0 Å². The second-order valence-corrected chi connectivity index (χ2v) is 5.14. The molecule has 2 rings (SSSR count). The molecule has 2 aromatic rings. The van der Waals surface area contributed by atoms with Crippen molar-refractivity contribution in [3.63, 3.8) is 0 Å². The van der Waals surface area contributed by atoms with Gasteiger partial charge in [-0.3, -0.25) is 0 Å². The largest absolute Gasteiger partial charge is 0.479 e. The minimum absolute atomic E-state index is 0.228. The lowest BCUT2D eigenvalue weighted by molar-refractivity contribution is -0.149. The molecule has 0 amide bonds. The van der Waals surface area contributed by atoms with Crippen LogP contribution in [0.5, 0.6) is 0 Å². The SMILES string of the molecule is C[C@@H](OCc1sc2ccccc2c1Cl)C(=O)O. The van der Waals surface area contributed by atoms with Crippen LogP contribution in [0.25, 0.3) is 10.1 Å². The molecule has 17 heavy (non-hydrogen) atoms. The van der Waals surface area contributed by atoms with Crippen LogP contribution >= 0.6 is 22.9 Å². The van der Waals surface area contributed by atoms with Crippen LogP contribution in [0, 0.1) is 0 Å². The molecule has 1 N–H and O–H groups in total. The molecule has 0 saturated heterocycles. The normalized spacial score (nSPS) is 12.8. The standard InChI is InChI=1S/C12H11ClO3S/c1-7(12(14)15)16-6-10-11(13)8-4-2-3-5-9(8)17-10/h2-5,7H,6H2,1H3,(H,14,15)/t7-/m1/s1. The summed E-state index contributed by atoms with van der Waals surface area (Å²) in [5, 5.41) is 10.4. The minimum Gasteiger partial charge on any atom is -0.479 e. The molecule has 1 heterocycles. The number of rotatable bonds is 4. The topological polar surface area (TPSA) is 46.5 Å². The molecule has 0 unspecified atom stereocenters. The third-order valence-corrected chi connectivity index (χ3v) is 4.10. The molecule has 5 heteroatoms. The fourth-order valence-electron chi connectivity index (χ4n) is 1.43. The Bertz CT molecular complexity index is 550. The van der Waals surface area contributed by atoms with E-state index in [2.05, 4.69) is 0 Å². The van der Waals surface area contributed by atoms with Crippen LogP contribution in [0.15, 0.2) is 24.3 Å². The number of fused-ring (bicyclic) bond motifs is 1. The van der Waals surface area contributed by atoms with Gasteiger partial charge >= 0.3 is 5.97 Å². The van der Waals surface area contributed by atoms with Crippen LogP contribution in [0.2, 0.25) is 5.02 Å². The molecule has 0 fully saturated rings. The number of benzene rings is 1. The van der Waals surface area contributed by atoms with E-state index >= 15 is 0 Å². The molecule has 1 atom stereocenters. The van der Waals surface area contributed by atoms with Crippen molar-refractivity contribution in [3.8, 4) is 0 Å². The van der Waals surface area contributed by atoms with Crippen molar-refractivity contribution in [1.29, 1.82) is 0 Å². The molecule has 0 spiro atoms. The highest BCUT2D eigenvalue weighted by molar-refractivity contribution is 7.19. The first-order valence-electron chi connectivity index (χ1n) is 5.10. The minimum atomic E-state index is -0.970. The molecule has 1 aromatic heterocycles. The Kier molecular flexibility index (Phi) is 3.66. The van der Waals surface area contributed by atoms with Gasteiger partial charge in [-0.15, -0.1) is 11.3 Å². The average Bonchev–Trinajstić information content (AvgIpc) is 2.64. The fourth-order valence-corrected chi connectivity index (χ4v) is 2.84. The highest BCUT2D eigenvalue weighted by Crippen LogP contribution is 2.35. The first kappa shape index (κ1) is 12.4. The number of carboxylic acid groups (broad SMARTS) is 1. The van der Waals surface area contributed by atoms with Gasteiger partial charge in [0.15, 0.2) is 6.10 Å². The molecule has 0 aliphatic carbocycles. The number of ether oxygens (including phenoxy) is 1. The Balaban J connectivity index is 2.19. The third kappa shape index (κ3) is 2.60. The lowest BCUT2D eigenvalue weighted by Crippen LogP contribution is -2.19. The number of halogens is 1. The summed E-state index contributed by atoms with van der Waals surface area (Å²) in [6.45, 7) is 1.73. The summed E-state index contributed by atoms with van der Waals surface area (Å²) in [6, 6.07) is 7.79. The van der Waals surface area contributed by atoms with Crippen LogP contribution in [-0.4, -0.2) is 17.2 Å². The van der Waals surface area contributed by atoms with E-state index in [1.54, 1.807) is 0 Å². The van der Waals surface area contributed by atoms with Gasteiger partial charge in [-0.25, -0.2) is 4.79 Å². The molecule has 3 nitrogen and oxygen atoms in total. The number of hydrogen-bond donors (Lipinski definition) is 1. The highest BCUT2D eigenvalue weighted by atomic mass is 35.5. The highest BCUT2D eigenvalue weighted by Gasteiger charge is 2.14. The Morgan fingerprint density at radius 3 is 2.88 bits per heavy atom. The van der Waals surface area contributed by atoms with Crippen LogP contribution in [0.1, 0.15) is 11.8 Å². The molecule has 0 radical (unpaired) electrons. The fraction of sp³-hybridized carbons (Fsp3) is 0.250. The first-order chi connectivity index (χ1) is 8.09. The maximum absolute atomic E-state index is 10.6. The van der Waals surface area contributed by atoms with Gasteiger partial charge in [0.25, 0.3) is 0 Å². The molecule has 0 aliphatic heterocycles. The second kappa shape index (κ2) is 5.04. The van der Waals surface area contributed by atoms with Crippen molar-refractivity contribution < 1.29 is 14.6 Å². The van der Waals surface area contributed by atoms with Gasteiger partial charge in [-0.05, 0) is 13.0 Å². The van der Waals surface area contributed by atoms with E-state index in [4.69, 9.17) is 21.4 Å². The monoisotopic (exact) mass is 270 g/mol. The Morgan fingerprint density at radius 2 is 2.24 bits per heavy atom. The Labute approximate surface area is 108 Å². The van der Waals surface area contributed by atoms with Crippen molar-refractivity contribution in [3.05, 3.63) is 34.2 Å². The van der Waals surface area contributed by atoms with E-state index in [0.717, 1.165) is 15.0 Å². The number of aliphatic carboxylic acids is 1. The van der Waals surface area contributed by atoms with Gasteiger partial charge in [0.2, 0.25) is 0 Å². The van der Waals surface area contributed by atoms with E-state index in [0.29, 0.717) is 5.02 Å². The zero-order valence-corrected chi connectivity index (χ0v) is 10.7. The smallest absolute Gasteiger partial charge is 0.332 e. The van der Waals surface area contributed by atoms with E-state index in [1.807, 2.05) is 24.3 Å². The summed E-state index contributed by atoms with van der Waals surface area (Å²) >= 11 is 7.73. The van der Waals surface area contributed by atoms with Gasteiger partial charge in [-0.1, -0.05) is 29.8 Å². The van der Waals surface area contributed by atoms with E-state index in [9.17, 15) is 4.79 Å². The van der Waals surface area contributed by atoms with Crippen LogP contribution < -0.4 is 0 Å². The molecular formula is C12H11ClO3S. The average molecular weight is 271 g/mol.